The normalized spacial score (nSPS) is 17.9. The van der Waals surface area contributed by atoms with E-state index in [1.54, 1.807) is 54.6 Å². The van der Waals surface area contributed by atoms with E-state index in [2.05, 4.69) is 0 Å². The number of halogens is 3. The van der Waals surface area contributed by atoms with Gasteiger partial charge in [0.25, 0.3) is 11.7 Å². The summed E-state index contributed by atoms with van der Waals surface area (Å²) in [5.74, 6) is -1.93. The Bertz CT molecular complexity index is 1230. The van der Waals surface area contributed by atoms with Gasteiger partial charge in [0.15, 0.2) is 0 Å². The fourth-order valence-electron chi connectivity index (χ4n) is 3.78. The molecule has 168 valence electrons. The molecule has 1 aliphatic heterocycles. The van der Waals surface area contributed by atoms with Crippen LogP contribution in [-0.2, 0) is 15.8 Å². The zero-order valence-electron chi connectivity index (χ0n) is 17.3. The number of carbonyl (C=O) groups excluding carboxylic acids is 2. The number of ether oxygens (including phenoxy) is 1. The minimum atomic E-state index is -4.64. The molecule has 5 nitrogen and oxygen atoms in total. The first-order valence-corrected chi connectivity index (χ1v) is 9.90. The zero-order chi connectivity index (χ0) is 23.8. The number of amides is 1. The molecule has 33 heavy (non-hydrogen) atoms. The summed E-state index contributed by atoms with van der Waals surface area (Å²) in [6.07, 6.45) is -4.64. The van der Waals surface area contributed by atoms with Crippen molar-refractivity contribution < 1.29 is 32.6 Å². The van der Waals surface area contributed by atoms with Crippen LogP contribution in [0, 0.1) is 0 Å². The molecule has 0 aromatic heterocycles. The van der Waals surface area contributed by atoms with Crippen LogP contribution >= 0.6 is 0 Å². The molecule has 3 aromatic rings. The third kappa shape index (κ3) is 4.07. The number of ketones is 1. The van der Waals surface area contributed by atoms with E-state index in [1.165, 1.54) is 19.2 Å². The maximum absolute atomic E-state index is 13.3. The standard InChI is InChI=1S/C25H18F3NO4/c1-33-19-12-10-15(11-13-19)21-20(22(30)16-6-3-2-4-7-16)23(31)24(32)29(21)18-9-5-8-17(14-18)25(26,27)28/h2-14,21,30H,1H3/b22-20+/t21-/m0/s1. The highest BCUT2D eigenvalue weighted by atomic mass is 19.4. The number of nitrogens with zero attached hydrogens (tertiary/aromatic N) is 1. The second-order valence-electron chi connectivity index (χ2n) is 7.36. The number of carbonyl (C=O) groups is 2. The maximum atomic E-state index is 13.3. The molecule has 1 aliphatic rings. The smallest absolute Gasteiger partial charge is 0.416 e. The van der Waals surface area contributed by atoms with Gasteiger partial charge in [-0.3, -0.25) is 14.5 Å². The molecule has 8 heteroatoms. The number of aliphatic hydroxyl groups excluding tert-OH is 1. The number of methoxy groups -OCH3 is 1. The lowest BCUT2D eigenvalue weighted by atomic mass is 9.95. The van der Waals surface area contributed by atoms with E-state index in [1.807, 2.05) is 0 Å². The summed E-state index contributed by atoms with van der Waals surface area (Å²) in [7, 11) is 1.47. The van der Waals surface area contributed by atoms with Crippen molar-refractivity contribution in [1.29, 1.82) is 0 Å². The van der Waals surface area contributed by atoms with Gasteiger partial charge in [0.05, 0.1) is 24.3 Å². The summed E-state index contributed by atoms with van der Waals surface area (Å²) >= 11 is 0. The quantitative estimate of drug-likeness (QED) is 0.329. The highest BCUT2D eigenvalue weighted by Crippen LogP contribution is 2.43. The monoisotopic (exact) mass is 453 g/mol. The minimum Gasteiger partial charge on any atom is -0.507 e. The van der Waals surface area contributed by atoms with Gasteiger partial charge < -0.3 is 9.84 Å². The average molecular weight is 453 g/mol. The number of anilines is 1. The van der Waals surface area contributed by atoms with E-state index in [0.29, 0.717) is 16.9 Å². The van der Waals surface area contributed by atoms with Crippen LogP contribution in [0.1, 0.15) is 22.7 Å². The van der Waals surface area contributed by atoms with Crippen molar-refractivity contribution in [2.75, 3.05) is 12.0 Å². The maximum Gasteiger partial charge on any atom is 0.416 e. The molecule has 1 atom stereocenters. The Labute approximate surface area is 187 Å². The predicted molar refractivity (Wildman–Crippen MR) is 116 cm³/mol. The molecular formula is C25H18F3NO4. The van der Waals surface area contributed by atoms with E-state index in [0.717, 1.165) is 17.0 Å². The number of rotatable bonds is 4. The number of benzene rings is 3. The summed E-state index contributed by atoms with van der Waals surface area (Å²) in [5, 5.41) is 11.0. The number of hydrogen-bond donors (Lipinski definition) is 1. The van der Waals surface area contributed by atoms with Gasteiger partial charge >= 0.3 is 6.18 Å². The Morgan fingerprint density at radius 1 is 0.939 bits per heavy atom. The van der Waals surface area contributed by atoms with Crippen molar-refractivity contribution in [2.45, 2.75) is 12.2 Å². The van der Waals surface area contributed by atoms with E-state index in [-0.39, 0.29) is 11.3 Å². The first-order valence-electron chi connectivity index (χ1n) is 9.90. The van der Waals surface area contributed by atoms with Crippen LogP contribution in [0.4, 0.5) is 18.9 Å². The third-order valence-corrected chi connectivity index (χ3v) is 5.37. The predicted octanol–water partition coefficient (Wildman–Crippen LogP) is 5.34. The van der Waals surface area contributed by atoms with Gasteiger partial charge in [0, 0.05) is 11.3 Å². The van der Waals surface area contributed by atoms with Gasteiger partial charge in [-0.1, -0.05) is 48.5 Å². The van der Waals surface area contributed by atoms with Crippen molar-refractivity contribution in [3.63, 3.8) is 0 Å². The lowest BCUT2D eigenvalue weighted by Crippen LogP contribution is -2.29. The van der Waals surface area contributed by atoms with Crippen LogP contribution < -0.4 is 9.64 Å². The highest BCUT2D eigenvalue weighted by molar-refractivity contribution is 6.51. The molecular weight excluding hydrogens is 435 g/mol. The van der Waals surface area contributed by atoms with Gasteiger partial charge in [-0.2, -0.15) is 13.2 Å². The molecule has 1 amide bonds. The van der Waals surface area contributed by atoms with Crippen LogP contribution in [0.3, 0.4) is 0 Å². The number of aliphatic hydroxyl groups is 1. The summed E-state index contributed by atoms with van der Waals surface area (Å²) < 4.78 is 45.1. The molecule has 0 radical (unpaired) electrons. The Morgan fingerprint density at radius 2 is 1.61 bits per heavy atom. The molecule has 1 saturated heterocycles. The Morgan fingerprint density at radius 3 is 2.21 bits per heavy atom. The van der Waals surface area contributed by atoms with Crippen LogP contribution in [0.2, 0.25) is 0 Å². The fraction of sp³-hybridized carbons (Fsp3) is 0.120. The number of Topliss-reactive ketones (excluding diaryl/α,β-unsaturated/α-hetero) is 1. The van der Waals surface area contributed by atoms with Crippen molar-refractivity contribution in [1.82, 2.24) is 0 Å². The molecule has 0 saturated carbocycles. The molecule has 1 heterocycles. The summed E-state index contributed by atoms with van der Waals surface area (Å²) in [5.41, 5.74) is -0.560. The third-order valence-electron chi connectivity index (χ3n) is 5.37. The first kappa shape index (κ1) is 22.1. The van der Waals surface area contributed by atoms with E-state index < -0.39 is 35.2 Å². The molecule has 3 aromatic carbocycles. The van der Waals surface area contributed by atoms with E-state index in [4.69, 9.17) is 4.74 Å². The molecule has 0 bridgehead atoms. The second-order valence-corrected chi connectivity index (χ2v) is 7.36. The summed E-state index contributed by atoms with van der Waals surface area (Å²) in [6, 6.07) is 17.6. The summed E-state index contributed by atoms with van der Waals surface area (Å²) in [4.78, 5) is 27.1. The van der Waals surface area contributed by atoms with Crippen LogP contribution in [0.15, 0.2) is 84.4 Å². The van der Waals surface area contributed by atoms with Crippen molar-refractivity contribution in [2.24, 2.45) is 0 Å². The van der Waals surface area contributed by atoms with Crippen molar-refractivity contribution in [3.05, 3.63) is 101 Å². The lowest BCUT2D eigenvalue weighted by molar-refractivity contribution is -0.137. The molecule has 1 N–H and O–H groups in total. The summed E-state index contributed by atoms with van der Waals surface area (Å²) in [6.45, 7) is 0. The van der Waals surface area contributed by atoms with Crippen molar-refractivity contribution in [3.8, 4) is 5.75 Å². The molecule has 0 spiro atoms. The van der Waals surface area contributed by atoms with Gasteiger partial charge in [-0.05, 0) is 35.9 Å². The second kappa shape index (κ2) is 8.46. The minimum absolute atomic E-state index is 0.111. The van der Waals surface area contributed by atoms with Gasteiger partial charge in [-0.15, -0.1) is 0 Å². The molecule has 4 rings (SSSR count). The van der Waals surface area contributed by atoms with Crippen molar-refractivity contribution >= 4 is 23.1 Å². The Hall–Kier alpha value is -4.07. The highest BCUT2D eigenvalue weighted by Gasteiger charge is 2.47. The van der Waals surface area contributed by atoms with Gasteiger partial charge in [0.2, 0.25) is 0 Å². The zero-order valence-corrected chi connectivity index (χ0v) is 17.3. The molecule has 0 aliphatic carbocycles. The van der Waals surface area contributed by atoms with E-state index in [9.17, 15) is 27.9 Å². The average Bonchev–Trinajstić information content (AvgIpc) is 3.09. The van der Waals surface area contributed by atoms with Crippen LogP contribution in [0.25, 0.3) is 5.76 Å². The Balaban J connectivity index is 1.94. The topological polar surface area (TPSA) is 66.8 Å². The Kier molecular flexibility index (Phi) is 5.68. The van der Waals surface area contributed by atoms with Crippen LogP contribution in [0.5, 0.6) is 5.75 Å². The largest absolute Gasteiger partial charge is 0.507 e. The number of hydrogen-bond acceptors (Lipinski definition) is 4. The SMILES string of the molecule is COc1ccc([C@H]2/C(=C(\O)c3ccccc3)C(=O)C(=O)N2c2cccc(C(F)(F)F)c2)cc1. The number of alkyl halides is 3. The fourth-order valence-corrected chi connectivity index (χ4v) is 3.78. The molecule has 0 unspecified atom stereocenters. The molecule has 1 fully saturated rings. The van der Waals surface area contributed by atoms with E-state index >= 15 is 0 Å². The first-order chi connectivity index (χ1) is 15.7. The van der Waals surface area contributed by atoms with Gasteiger partial charge in [0.1, 0.15) is 11.5 Å². The lowest BCUT2D eigenvalue weighted by Gasteiger charge is -2.26. The van der Waals surface area contributed by atoms with Crippen LogP contribution in [-0.4, -0.2) is 23.9 Å². The van der Waals surface area contributed by atoms with Gasteiger partial charge in [-0.25, -0.2) is 0 Å².